The first-order valence-electron chi connectivity index (χ1n) is 10.0. The zero-order chi connectivity index (χ0) is 22.2. The average molecular weight is 418 g/mol. The number of amides is 2. The van der Waals surface area contributed by atoms with Crippen molar-refractivity contribution in [3.63, 3.8) is 0 Å². The zero-order valence-corrected chi connectivity index (χ0v) is 17.8. The van der Waals surface area contributed by atoms with Gasteiger partial charge in [0.1, 0.15) is 5.75 Å². The van der Waals surface area contributed by atoms with Crippen LogP contribution >= 0.6 is 0 Å². The quantitative estimate of drug-likeness (QED) is 0.532. The SMILES string of the molecule is COc1ccc(NC(=O)c2ccc(NC(=O)c3ccc(COC(C)C)cc3)cc2)cc1. The van der Waals surface area contributed by atoms with Crippen molar-refractivity contribution in [2.75, 3.05) is 17.7 Å². The predicted molar refractivity (Wildman–Crippen MR) is 122 cm³/mol. The van der Waals surface area contributed by atoms with Crippen LogP contribution in [0.4, 0.5) is 11.4 Å². The van der Waals surface area contributed by atoms with Crippen LogP contribution in [-0.2, 0) is 11.3 Å². The van der Waals surface area contributed by atoms with E-state index in [2.05, 4.69) is 10.6 Å². The fourth-order valence-corrected chi connectivity index (χ4v) is 2.80. The number of methoxy groups -OCH3 is 1. The molecule has 0 aromatic heterocycles. The maximum atomic E-state index is 12.5. The lowest BCUT2D eigenvalue weighted by molar-refractivity contribution is 0.0657. The molecular weight excluding hydrogens is 392 g/mol. The molecule has 0 aliphatic carbocycles. The molecule has 3 rings (SSSR count). The van der Waals surface area contributed by atoms with Gasteiger partial charge in [0, 0.05) is 22.5 Å². The number of hydrogen-bond donors (Lipinski definition) is 2. The summed E-state index contributed by atoms with van der Waals surface area (Å²) in [5.41, 5.74) is 3.33. The minimum absolute atomic E-state index is 0.157. The third kappa shape index (κ3) is 6.42. The van der Waals surface area contributed by atoms with Crippen LogP contribution in [0.15, 0.2) is 72.8 Å². The van der Waals surface area contributed by atoms with E-state index >= 15 is 0 Å². The number of anilines is 2. The fraction of sp³-hybridized carbons (Fsp3) is 0.200. The molecule has 3 aromatic rings. The highest BCUT2D eigenvalue weighted by atomic mass is 16.5. The second-order valence-corrected chi connectivity index (χ2v) is 7.27. The summed E-state index contributed by atoms with van der Waals surface area (Å²) in [6.07, 6.45) is 0.157. The summed E-state index contributed by atoms with van der Waals surface area (Å²) in [5.74, 6) is 0.269. The molecule has 0 saturated heterocycles. The molecule has 6 heteroatoms. The Morgan fingerprint density at radius 1 is 0.742 bits per heavy atom. The molecule has 2 N–H and O–H groups in total. The maximum Gasteiger partial charge on any atom is 0.255 e. The zero-order valence-electron chi connectivity index (χ0n) is 17.8. The Bertz CT molecular complexity index is 1010. The second kappa shape index (κ2) is 10.4. The largest absolute Gasteiger partial charge is 0.497 e. The van der Waals surface area contributed by atoms with Gasteiger partial charge in [0.05, 0.1) is 19.8 Å². The maximum absolute atomic E-state index is 12.5. The van der Waals surface area contributed by atoms with Crippen LogP contribution in [0.2, 0.25) is 0 Å². The van der Waals surface area contributed by atoms with Gasteiger partial charge in [-0.15, -0.1) is 0 Å². The Balaban J connectivity index is 1.56. The first-order valence-corrected chi connectivity index (χ1v) is 10.0. The van der Waals surface area contributed by atoms with E-state index < -0.39 is 0 Å². The van der Waals surface area contributed by atoms with Crippen molar-refractivity contribution in [3.05, 3.63) is 89.5 Å². The van der Waals surface area contributed by atoms with Crippen molar-refractivity contribution in [1.82, 2.24) is 0 Å². The molecular formula is C25H26N2O4. The molecule has 3 aromatic carbocycles. The highest BCUT2D eigenvalue weighted by molar-refractivity contribution is 6.06. The summed E-state index contributed by atoms with van der Waals surface area (Å²) >= 11 is 0. The van der Waals surface area contributed by atoms with Crippen LogP contribution < -0.4 is 15.4 Å². The molecule has 0 aliphatic heterocycles. The normalized spacial score (nSPS) is 10.6. The minimum atomic E-state index is -0.234. The molecule has 31 heavy (non-hydrogen) atoms. The highest BCUT2D eigenvalue weighted by Gasteiger charge is 2.09. The first-order chi connectivity index (χ1) is 14.9. The van der Waals surface area contributed by atoms with Crippen molar-refractivity contribution in [2.24, 2.45) is 0 Å². The minimum Gasteiger partial charge on any atom is -0.497 e. The van der Waals surface area contributed by atoms with Crippen molar-refractivity contribution in [2.45, 2.75) is 26.6 Å². The predicted octanol–water partition coefficient (Wildman–Crippen LogP) is 5.12. The number of nitrogens with one attached hydrogen (secondary N) is 2. The van der Waals surface area contributed by atoms with Gasteiger partial charge in [-0.05, 0) is 80.1 Å². The van der Waals surface area contributed by atoms with E-state index in [9.17, 15) is 9.59 Å². The summed E-state index contributed by atoms with van der Waals surface area (Å²) in [6.45, 7) is 4.48. The lowest BCUT2D eigenvalue weighted by atomic mass is 10.1. The van der Waals surface area contributed by atoms with Gasteiger partial charge in [-0.1, -0.05) is 12.1 Å². The van der Waals surface area contributed by atoms with Crippen LogP contribution in [0.1, 0.15) is 40.1 Å². The topological polar surface area (TPSA) is 76.7 Å². The Hall–Kier alpha value is -3.64. The van der Waals surface area contributed by atoms with E-state index in [1.165, 1.54) is 0 Å². The summed E-state index contributed by atoms with van der Waals surface area (Å²) in [7, 11) is 1.59. The molecule has 0 fully saturated rings. The molecule has 0 radical (unpaired) electrons. The first kappa shape index (κ1) is 22.1. The van der Waals surface area contributed by atoms with E-state index in [4.69, 9.17) is 9.47 Å². The van der Waals surface area contributed by atoms with Crippen LogP contribution in [0.3, 0.4) is 0 Å². The van der Waals surface area contributed by atoms with E-state index in [1.54, 1.807) is 67.8 Å². The molecule has 0 spiro atoms. The molecule has 0 heterocycles. The summed E-state index contributed by atoms with van der Waals surface area (Å²) in [5, 5.41) is 5.67. The van der Waals surface area contributed by atoms with Gasteiger partial charge >= 0.3 is 0 Å². The lowest BCUT2D eigenvalue weighted by Gasteiger charge is -2.09. The molecule has 6 nitrogen and oxygen atoms in total. The van der Waals surface area contributed by atoms with Crippen molar-refractivity contribution >= 4 is 23.2 Å². The van der Waals surface area contributed by atoms with E-state index in [1.807, 2.05) is 26.0 Å². The van der Waals surface area contributed by atoms with Crippen LogP contribution in [0, 0.1) is 0 Å². The lowest BCUT2D eigenvalue weighted by Crippen LogP contribution is -2.13. The number of carbonyl (C=O) groups is 2. The summed E-state index contributed by atoms with van der Waals surface area (Å²) in [6, 6.07) is 21.1. The standard InChI is InChI=1S/C25H26N2O4/c1-17(2)31-16-18-4-6-19(7-5-18)24(28)26-21-10-8-20(9-11-21)25(29)27-22-12-14-23(30-3)15-13-22/h4-15,17H,16H2,1-3H3,(H,26,28)(H,27,29). The number of ether oxygens (including phenoxy) is 2. The number of benzene rings is 3. The molecule has 0 saturated carbocycles. The van der Waals surface area contributed by atoms with Gasteiger partial charge in [0.25, 0.3) is 11.8 Å². The van der Waals surface area contributed by atoms with Gasteiger partial charge in [-0.25, -0.2) is 0 Å². The molecule has 2 amide bonds. The number of carbonyl (C=O) groups excluding carboxylic acids is 2. The van der Waals surface area contributed by atoms with Crippen LogP contribution in [-0.4, -0.2) is 25.0 Å². The van der Waals surface area contributed by atoms with Crippen molar-refractivity contribution in [3.8, 4) is 5.75 Å². The van der Waals surface area contributed by atoms with Crippen molar-refractivity contribution in [1.29, 1.82) is 0 Å². The molecule has 0 unspecified atom stereocenters. The van der Waals surface area contributed by atoms with Gasteiger partial charge in [-0.3, -0.25) is 9.59 Å². The smallest absolute Gasteiger partial charge is 0.255 e. The molecule has 160 valence electrons. The van der Waals surface area contributed by atoms with Gasteiger partial charge in [0.2, 0.25) is 0 Å². The van der Waals surface area contributed by atoms with E-state index in [0.29, 0.717) is 29.1 Å². The van der Waals surface area contributed by atoms with Crippen LogP contribution in [0.25, 0.3) is 0 Å². The average Bonchev–Trinajstić information content (AvgIpc) is 2.79. The number of rotatable bonds is 8. The molecule has 0 aliphatic rings. The van der Waals surface area contributed by atoms with Crippen LogP contribution in [0.5, 0.6) is 5.75 Å². The fourth-order valence-electron chi connectivity index (χ4n) is 2.80. The third-order valence-corrected chi connectivity index (χ3v) is 4.55. The number of hydrogen-bond acceptors (Lipinski definition) is 4. The summed E-state index contributed by atoms with van der Waals surface area (Å²) in [4.78, 5) is 24.9. The van der Waals surface area contributed by atoms with Crippen molar-refractivity contribution < 1.29 is 19.1 Å². The monoisotopic (exact) mass is 418 g/mol. The Morgan fingerprint density at radius 3 is 1.65 bits per heavy atom. The van der Waals surface area contributed by atoms with Gasteiger partial charge in [-0.2, -0.15) is 0 Å². The highest BCUT2D eigenvalue weighted by Crippen LogP contribution is 2.17. The molecule has 0 atom stereocenters. The Labute approximate surface area is 182 Å². The van der Waals surface area contributed by atoms with E-state index in [0.717, 1.165) is 11.3 Å². The van der Waals surface area contributed by atoms with E-state index in [-0.39, 0.29) is 17.9 Å². The third-order valence-electron chi connectivity index (χ3n) is 4.55. The Morgan fingerprint density at radius 2 is 1.19 bits per heavy atom. The second-order valence-electron chi connectivity index (χ2n) is 7.27. The van der Waals surface area contributed by atoms with Gasteiger partial charge < -0.3 is 20.1 Å². The Kier molecular flexibility index (Phi) is 7.40. The molecule has 0 bridgehead atoms. The summed E-state index contributed by atoms with van der Waals surface area (Å²) < 4.78 is 10.7. The van der Waals surface area contributed by atoms with Gasteiger partial charge in [0.15, 0.2) is 0 Å².